The van der Waals surface area contributed by atoms with Crippen LogP contribution in [0.3, 0.4) is 0 Å². The molecule has 0 fully saturated rings. The predicted molar refractivity (Wildman–Crippen MR) is 114 cm³/mol. The number of nitrogens with zero attached hydrogens (tertiary/aromatic N) is 2. The molecule has 3 aromatic carbocycles. The van der Waals surface area contributed by atoms with Crippen molar-refractivity contribution in [3.8, 4) is 11.8 Å². The van der Waals surface area contributed by atoms with Gasteiger partial charge >= 0.3 is 0 Å². The Balaban J connectivity index is 1.83. The van der Waals surface area contributed by atoms with Crippen molar-refractivity contribution in [3.05, 3.63) is 70.7 Å². The van der Waals surface area contributed by atoms with Gasteiger partial charge in [-0.25, -0.2) is 0 Å². The molecule has 146 valence electrons. The molecule has 0 bridgehead atoms. The van der Waals surface area contributed by atoms with Crippen LogP contribution in [-0.2, 0) is 4.79 Å². The van der Waals surface area contributed by atoms with E-state index in [-0.39, 0.29) is 25.5 Å². The molecular formula is C23H19ClN2O3. The number of halogens is 1. The Morgan fingerprint density at radius 3 is 2.72 bits per heavy atom. The van der Waals surface area contributed by atoms with Gasteiger partial charge in [-0.05, 0) is 47.5 Å². The van der Waals surface area contributed by atoms with E-state index in [1.807, 2.05) is 37.3 Å². The third kappa shape index (κ3) is 4.56. The first-order valence-corrected chi connectivity index (χ1v) is 9.46. The van der Waals surface area contributed by atoms with E-state index in [0.717, 1.165) is 22.6 Å². The van der Waals surface area contributed by atoms with Gasteiger partial charge in [0, 0.05) is 17.3 Å². The molecule has 0 aliphatic carbocycles. The highest BCUT2D eigenvalue weighted by molar-refractivity contribution is 6.31. The van der Waals surface area contributed by atoms with Crippen molar-refractivity contribution in [2.45, 2.75) is 13.3 Å². The molecular weight excluding hydrogens is 388 g/mol. The molecule has 3 rings (SSSR count). The summed E-state index contributed by atoms with van der Waals surface area (Å²) in [5, 5.41) is 11.2. The van der Waals surface area contributed by atoms with Gasteiger partial charge in [0.2, 0.25) is 0 Å². The summed E-state index contributed by atoms with van der Waals surface area (Å²) in [6, 6.07) is 18.3. The molecule has 6 heteroatoms. The SMILES string of the molecule is Cc1cc(N(CCC#N)C(=O)COc2ccc3ccccc3c2C=O)ccc1Cl. The minimum Gasteiger partial charge on any atom is -0.483 e. The Morgan fingerprint density at radius 1 is 1.21 bits per heavy atom. The molecule has 1 amide bonds. The van der Waals surface area contributed by atoms with Crippen LogP contribution in [0.4, 0.5) is 5.69 Å². The third-order valence-corrected chi connectivity index (χ3v) is 5.03. The van der Waals surface area contributed by atoms with Gasteiger partial charge in [0.1, 0.15) is 5.75 Å². The molecule has 0 N–H and O–H groups in total. The zero-order chi connectivity index (χ0) is 20.8. The molecule has 0 saturated heterocycles. The minimum atomic E-state index is -0.313. The van der Waals surface area contributed by atoms with E-state index in [0.29, 0.717) is 22.0 Å². The van der Waals surface area contributed by atoms with Crippen LogP contribution in [0.5, 0.6) is 5.75 Å². The lowest BCUT2D eigenvalue weighted by molar-refractivity contribution is -0.120. The lowest BCUT2D eigenvalue weighted by Gasteiger charge is -2.23. The highest BCUT2D eigenvalue weighted by Crippen LogP contribution is 2.27. The molecule has 3 aromatic rings. The topological polar surface area (TPSA) is 70.4 Å². The quantitative estimate of drug-likeness (QED) is 0.521. The van der Waals surface area contributed by atoms with Gasteiger partial charge < -0.3 is 9.64 Å². The van der Waals surface area contributed by atoms with Crippen LogP contribution in [0.25, 0.3) is 10.8 Å². The first-order valence-electron chi connectivity index (χ1n) is 9.08. The van der Waals surface area contributed by atoms with Crippen LogP contribution in [0.2, 0.25) is 5.02 Å². The first kappa shape index (κ1) is 20.4. The normalized spacial score (nSPS) is 10.4. The summed E-state index contributed by atoms with van der Waals surface area (Å²) in [6.45, 7) is 1.82. The van der Waals surface area contributed by atoms with Crippen molar-refractivity contribution < 1.29 is 14.3 Å². The summed E-state index contributed by atoms with van der Waals surface area (Å²) in [4.78, 5) is 26.0. The van der Waals surface area contributed by atoms with Crippen molar-refractivity contribution in [3.63, 3.8) is 0 Å². The number of benzene rings is 3. The van der Waals surface area contributed by atoms with E-state index < -0.39 is 0 Å². The van der Waals surface area contributed by atoms with Gasteiger partial charge in [0.05, 0.1) is 18.1 Å². The molecule has 29 heavy (non-hydrogen) atoms. The molecule has 0 unspecified atom stereocenters. The van der Waals surface area contributed by atoms with Gasteiger partial charge in [-0.3, -0.25) is 9.59 Å². The zero-order valence-electron chi connectivity index (χ0n) is 15.9. The first-order chi connectivity index (χ1) is 14.0. The number of aldehydes is 1. The highest BCUT2D eigenvalue weighted by Gasteiger charge is 2.18. The van der Waals surface area contributed by atoms with Crippen LogP contribution >= 0.6 is 11.6 Å². The van der Waals surface area contributed by atoms with Crippen LogP contribution < -0.4 is 9.64 Å². The van der Waals surface area contributed by atoms with Crippen molar-refractivity contribution in [2.75, 3.05) is 18.1 Å². The number of fused-ring (bicyclic) bond motifs is 1. The number of nitriles is 1. The average molecular weight is 407 g/mol. The fraction of sp³-hybridized carbons (Fsp3) is 0.174. The Kier molecular flexibility index (Phi) is 6.48. The van der Waals surface area contributed by atoms with E-state index in [2.05, 4.69) is 6.07 Å². The van der Waals surface area contributed by atoms with E-state index in [1.165, 1.54) is 4.90 Å². The van der Waals surface area contributed by atoms with E-state index in [9.17, 15) is 9.59 Å². The van der Waals surface area contributed by atoms with Gasteiger partial charge in [-0.15, -0.1) is 0 Å². The maximum atomic E-state index is 12.9. The Labute approximate surface area is 174 Å². The van der Waals surface area contributed by atoms with Crippen molar-refractivity contribution >= 4 is 40.3 Å². The number of aryl methyl sites for hydroxylation is 1. The smallest absolute Gasteiger partial charge is 0.264 e. The van der Waals surface area contributed by atoms with E-state index in [1.54, 1.807) is 24.3 Å². The van der Waals surface area contributed by atoms with Crippen LogP contribution in [0, 0.1) is 18.3 Å². The van der Waals surface area contributed by atoms with Crippen molar-refractivity contribution in [1.82, 2.24) is 0 Å². The highest BCUT2D eigenvalue weighted by atomic mass is 35.5. The molecule has 0 aromatic heterocycles. The zero-order valence-corrected chi connectivity index (χ0v) is 16.6. The number of rotatable bonds is 7. The summed E-state index contributed by atoms with van der Waals surface area (Å²) in [7, 11) is 0. The second-order valence-corrected chi connectivity index (χ2v) is 6.90. The molecule has 0 heterocycles. The van der Waals surface area contributed by atoms with Gasteiger partial charge in [-0.1, -0.05) is 41.9 Å². The number of hydrogen-bond donors (Lipinski definition) is 0. The standard InChI is InChI=1S/C23H19ClN2O3/c1-16-13-18(8-9-21(16)24)26(12-4-11-25)23(28)15-29-22-10-7-17-5-2-3-6-19(17)20(22)14-27/h2-3,5-10,13-14H,4,12,15H2,1H3. The number of hydrogen-bond acceptors (Lipinski definition) is 4. The monoisotopic (exact) mass is 406 g/mol. The molecule has 0 atom stereocenters. The van der Waals surface area contributed by atoms with Gasteiger partial charge in [0.15, 0.2) is 12.9 Å². The summed E-state index contributed by atoms with van der Waals surface area (Å²) >= 11 is 6.08. The Morgan fingerprint density at radius 2 is 2.00 bits per heavy atom. The second kappa shape index (κ2) is 9.22. The lowest BCUT2D eigenvalue weighted by Crippen LogP contribution is -2.35. The fourth-order valence-electron chi connectivity index (χ4n) is 3.10. The molecule has 5 nitrogen and oxygen atoms in total. The van der Waals surface area contributed by atoms with Crippen LogP contribution in [-0.4, -0.2) is 25.3 Å². The number of carbonyl (C=O) groups is 2. The number of anilines is 1. The van der Waals surface area contributed by atoms with Gasteiger partial charge in [-0.2, -0.15) is 5.26 Å². The lowest BCUT2D eigenvalue weighted by atomic mass is 10.0. The van der Waals surface area contributed by atoms with Crippen LogP contribution in [0.1, 0.15) is 22.3 Å². The molecule has 0 aliphatic heterocycles. The molecule has 0 radical (unpaired) electrons. The van der Waals surface area contributed by atoms with Crippen LogP contribution in [0.15, 0.2) is 54.6 Å². The van der Waals surface area contributed by atoms with Crippen molar-refractivity contribution in [2.24, 2.45) is 0 Å². The summed E-state index contributed by atoms with van der Waals surface area (Å²) < 4.78 is 5.70. The molecule has 0 aliphatic rings. The van der Waals surface area contributed by atoms with Crippen molar-refractivity contribution in [1.29, 1.82) is 5.26 Å². The largest absolute Gasteiger partial charge is 0.483 e. The van der Waals surface area contributed by atoms with E-state index >= 15 is 0 Å². The van der Waals surface area contributed by atoms with Gasteiger partial charge in [0.25, 0.3) is 5.91 Å². The number of carbonyl (C=O) groups excluding carboxylic acids is 2. The average Bonchev–Trinajstić information content (AvgIpc) is 2.74. The summed E-state index contributed by atoms with van der Waals surface area (Å²) in [6.07, 6.45) is 0.918. The maximum Gasteiger partial charge on any atom is 0.264 e. The third-order valence-electron chi connectivity index (χ3n) is 4.60. The Bertz CT molecular complexity index is 1100. The summed E-state index contributed by atoms with van der Waals surface area (Å²) in [5.41, 5.74) is 1.88. The fourth-order valence-corrected chi connectivity index (χ4v) is 3.21. The Hall–Kier alpha value is -3.36. The van der Waals surface area contributed by atoms with E-state index in [4.69, 9.17) is 21.6 Å². The predicted octanol–water partition coefficient (Wildman–Crippen LogP) is 4.94. The number of ether oxygens (including phenoxy) is 1. The molecule has 0 saturated carbocycles. The summed E-state index contributed by atoms with van der Waals surface area (Å²) in [5.74, 6) is 0.0338. The second-order valence-electron chi connectivity index (χ2n) is 6.49. The minimum absolute atomic E-state index is 0.184. The number of amides is 1. The molecule has 0 spiro atoms. The maximum absolute atomic E-state index is 12.9.